The molecule has 0 radical (unpaired) electrons. The highest BCUT2D eigenvalue weighted by Gasteiger charge is 2.35. The van der Waals surface area contributed by atoms with Gasteiger partial charge in [0.1, 0.15) is 0 Å². The number of likely N-dealkylation sites (tertiary alicyclic amines) is 1. The summed E-state index contributed by atoms with van der Waals surface area (Å²) in [6, 6.07) is 6.19. The minimum atomic E-state index is -3.21. The molecule has 0 unspecified atom stereocenters. The largest absolute Gasteiger partial charge is 0.294 e. The summed E-state index contributed by atoms with van der Waals surface area (Å²) in [7, 11) is -3.21. The quantitative estimate of drug-likeness (QED) is 0.863. The van der Waals surface area contributed by atoms with Crippen LogP contribution in [0, 0.1) is 0 Å². The zero-order valence-electron chi connectivity index (χ0n) is 13.1. The van der Waals surface area contributed by atoms with Crippen LogP contribution in [-0.4, -0.2) is 43.2 Å². The number of rotatable bonds is 6. The van der Waals surface area contributed by atoms with Crippen LogP contribution in [-0.2, 0) is 23.0 Å². The van der Waals surface area contributed by atoms with Crippen molar-refractivity contribution in [2.45, 2.75) is 31.5 Å². The second kappa shape index (κ2) is 7.09. The monoisotopic (exact) mass is 351 g/mol. The lowest BCUT2D eigenvalue weighted by molar-refractivity contribution is 0.231. The van der Waals surface area contributed by atoms with Crippen molar-refractivity contribution in [1.29, 1.82) is 0 Å². The highest BCUT2D eigenvalue weighted by molar-refractivity contribution is 7.88. The molecule has 0 aromatic carbocycles. The highest BCUT2D eigenvalue weighted by atomic mass is 32.2. The van der Waals surface area contributed by atoms with Gasteiger partial charge in [-0.2, -0.15) is 11.3 Å². The molecule has 124 valence electrons. The molecule has 7 heteroatoms. The standard InChI is InChI=1S/C16H21N3O2S2/c1-23(20,21)18-15-4-7-19(11-14-5-8-22-12-14)16(15)9-13-3-2-6-17-10-13/h2-3,5-6,8,10,12,15-16,18H,4,7,9,11H2,1H3/t15-,16+/m1/s1. The Hall–Kier alpha value is -1.28. The zero-order chi connectivity index (χ0) is 16.3. The van der Waals surface area contributed by atoms with Crippen LogP contribution in [0.1, 0.15) is 17.5 Å². The van der Waals surface area contributed by atoms with Gasteiger partial charge in [-0.05, 0) is 46.9 Å². The van der Waals surface area contributed by atoms with E-state index in [0.29, 0.717) is 0 Å². The molecule has 0 saturated carbocycles. The van der Waals surface area contributed by atoms with Gasteiger partial charge in [-0.3, -0.25) is 9.88 Å². The number of nitrogens with one attached hydrogen (secondary N) is 1. The second-order valence-electron chi connectivity index (χ2n) is 6.02. The fourth-order valence-electron chi connectivity index (χ4n) is 3.18. The van der Waals surface area contributed by atoms with Crippen molar-refractivity contribution in [1.82, 2.24) is 14.6 Å². The van der Waals surface area contributed by atoms with Gasteiger partial charge in [0.25, 0.3) is 0 Å². The lowest BCUT2D eigenvalue weighted by atomic mass is 10.0. The molecule has 3 rings (SSSR count). The predicted octanol–water partition coefficient (Wildman–Crippen LogP) is 1.88. The molecule has 2 atom stereocenters. The molecule has 0 spiro atoms. The lowest BCUT2D eigenvalue weighted by Gasteiger charge is -2.28. The highest BCUT2D eigenvalue weighted by Crippen LogP contribution is 2.25. The Morgan fingerprint density at radius 3 is 2.91 bits per heavy atom. The van der Waals surface area contributed by atoms with E-state index in [2.05, 4.69) is 31.4 Å². The maximum Gasteiger partial charge on any atom is 0.209 e. The van der Waals surface area contributed by atoms with E-state index in [4.69, 9.17) is 0 Å². The van der Waals surface area contributed by atoms with E-state index in [1.165, 1.54) is 11.8 Å². The summed E-state index contributed by atoms with van der Waals surface area (Å²) in [5.41, 5.74) is 2.42. The van der Waals surface area contributed by atoms with E-state index < -0.39 is 10.0 Å². The molecule has 1 aliphatic rings. The number of hydrogen-bond donors (Lipinski definition) is 1. The minimum Gasteiger partial charge on any atom is -0.294 e. The number of pyridine rings is 1. The van der Waals surface area contributed by atoms with Gasteiger partial charge in [0.2, 0.25) is 10.0 Å². The summed E-state index contributed by atoms with van der Waals surface area (Å²) in [4.78, 5) is 6.54. The third kappa shape index (κ3) is 4.60. The Bertz CT molecular complexity index is 717. The van der Waals surface area contributed by atoms with E-state index in [-0.39, 0.29) is 12.1 Å². The van der Waals surface area contributed by atoms with Crippen molar-refractivity contribution in [2.75, 3.05) is 12.8 Å². The van der Waals surface area contributed by atoms with Crippen LogP contribution in [0.15, 0.2) is 41.4 Å². The summed E-state index contributed by atoms with van der Waals surface area (Å²) < 4.78 is 26.1. The maximum atomic E-state index is 11.7. The number of sulfonamides is 1. The number of hydrogen-bond acceptors (Lipinski definition) is 5. The Morgan fingerprint density at radius 1 is 1.39 bits per heavy atom. The molecule has 2 aromatic rings. The molecule has 23 heavy (non-hydrogen) atoms. The van der Waals surface area contributed by atoms with Gasteiger partial charge in [0, 0.05) is 37.6 Å². The fourth-order valence-corrected chi connectivity index (χ4v) is 4.66. The molecule has 0 bridgehead atoms. The molecule has 1 aliphatic heterocycles. The van der Waals surface area contributed by atoms with Crippen molar-refractivity contribution < 1.29 is 8.42 Å². The van der Waals surface area contributed by atoms with E-state index in [1.807, 2.05) is 18.3 Å². The number of aromatic nitrogens is 1. The van der Waals surface area contributed by atoms with Crippen LogP contribution in [0.5, 0.6) is 0 Å². The van der Waals surface area contributed by atoms with E-state index >= 15 is 0 Å². The van der Waals surface area contributed by atoms with Gasteiger partial charge in [0.15, 0.2) is 0 Å². The van der Waals surface area contributed by atoms with E-state index in [9.17, 15) is 8.42 Å². The van der Waals surface area contributed by atoms with Crippen molar-refractivity contribution in [3.8, 4) is 0 Å². The molecule has 0 aliphatic carbocycles. The lowest BCUT2D eigenvalue weighted by Crippen LogP contribution is -2.45. The third-order valence-electron chi connectivity index (χ3n) is 4.16. The van der Waals surface area contributed by atoms with Crippen LogP contribution in [0.2, 0.25) is 0 Å². The molecule has 5 nitrogen and oxygen atoms in total. The van der Waals surface area contributed by atoms with Crippen molar-refractivity contribution >= 4 is 21.4 Å². The maximum absolute atomic E-state index is 11.7. The number of thiophene rings is 1. The van der Waals surface area contributed by atoms with Crippen molar-refractivity contribution in [3.63, 3.8) is 0 Å². The van der Waals surface area contributed by atoms with Crippen LogP contribution in [0.4, 0.5) is 0 Å². The van der Waals surface area contributed by atoms with Crippen LogP contribution in [0.3, 0.4) is 0 Å². The SMILES string of the molecule is CS(=O)(=O)N[C@@H]1CCN(Cc2ccsc2)[C@H]1Cc1cccnc1. The van der Waals surface area contributed by atoms with Gasteiger partial charge >= 0.3 is 0 Å². The molecule has 1 fully saturated rings. The average molecular weight is 351 g/mol. The molecular weight excluding hydrogens is 330 g/mol. The average Bonchev–Trinajstić information content (AvgIpc) is 3.12. The molecule has 3 heterocycles. The summed E-state index contributed by atoms with van der Waals surface area (Å²) in [5.74, 6) is 0. The Kier molecular flexibility index (Phi) is 5.11. The first-order valence-electron chi connectivity index (χ1n) is 7.62. The fraction of sp³-hybridized carbons (Fsp3) is 0.438. The van der Waals surface area contributed by atoms with Crippen LogP contribution in [0.25, 0.3) is 0 Å². The van der Waals surface area contributed by atoms with Crippen LogP contribution >= 0.6 is 11.3 Å². The van der Waals surface area contributed by atoms with Gasteiger partial charge in [-0.25, -0.2) is 13.1 Å². The summed E-state index contributed by atoms with van der Waals surface area (Å²) >= 11 is 1.69. The Labute approximate surface area is 141 Å². The van der Waals surface area contributed by atoms with Gasteiger partial charge in [0.05, 0.1) is 6.26 Å². The molecule has 2 aromatic heterocycles. The van der Waals surface area contributed by atoms with E-state index in [0.717, 1.165) is 31.5 Å². The minimum absolute atomic E-state index is 0.0520. The topological polar surface area (TPSA) is 62.3 Å². The first-order chi connectivity index (χ1) is 11.0. The molecule has 1 N–H and O–H groups in total. The summed E-state index contributed by atoms with van der Waals surface area (Å²) in [6.45, 7) is 1.75. The molecule has 0 amide bonds. The predicted molar refractivity (Wildman–Crippen MR) is 92.8 cm³/mol. The zero-order valence-corrected chi connectivity index (χ0v) is 14.7. The number of nitrogens with zero attached hydrogens (tertiary/aromatic N) is 2. The van der Waals surface area contributed by atoms with Gasteiger partial charge in [-0.15, -0.1) is 0 Å². The van der Waals surface area contributed by atoms with Crippen molar-refractivity contribution in [2.24, 2.45) is 0 Å². The molecular formula is C16H21N3O2S2. The Balaban J connectivity index is 1.78. The second-order valence-corrected chi connectivity index (χ2v) is 8.58. The van der Waals surface area contributed by atoms with Gasteiger partial charge in [-0.1, -0.05) is 6.07 Å². The van der Waals surface area contributed by atoms with Crippen molar-refractivity contribution in [3.05, 3.63) is 52.5 Å². The summed E-state index contributed by atoms with van der Waals surface area (Å²) in [6.07, 6.45) is 6.48. The molecule has 1 saturated heterocycles. The van der Waals surface area contributed by atoms with Gasteiger partial charge < -0.3 is 0 Å². The van der Waals surface area contributed by atoms with E-state index in [1.54, 1.807) is 17.5 Å². The first kappa shape index (κ1) is 16.6. The normalized spacial score (nSPS) is 22.5. The summed E-state index contributed by atoms with van der Waals surface area (Å²) in [5, 5.41) is 4.23. The first-order valence-corrected chi connectivity index (χ1v) is 10.5. The third-order valence-corrected chi connectivity index (χ3v) is 5.62. The smallest absolute Gasteiger partial charge is 0.209 e. The van der Waals surface area contributed by atoms with Crippen LogP contribution < -0.4 is 4.72 Å². The Morgan fingerprint density at radius 2 is 2.26 bits per heavy atom.